The van der Waals surface area contributed by atoms with Gasteiger partial charge in [-0.1, -0.05) is 47.1 Å². The number of aliphatic hydroxyl groups excluding tert-OH is 3. The Bertz CT molecular complexity index is 1810. The summed E-state index contributed by atoms with van der Waals surface area (Å²) in [6.45, 7) is 0.713. The number of ether oxygens (including phenoxy) is 1. The fourth-order valence-corrected chi connectivity index (χ4v) is 5.48. The number of alkyl halides is 3. The van der Waals surface area contributed by atoms with Gasteiger partial charge in [-0.2, -0.15) is 18.3 Å². The SMILES string of the molecule is Cc1nc([C@@H]2O[C@H](CO)[C@H](O)[C@H](n3cc(-c4ccc5ccccc5c4F)nn3)[C@H]2O)n(-c2cc(Cl)ccc2C(F)(F)F)n1. The molecule has 2 aromatic heterocycles. The number of benzene rings is 3. The van der Waals surface area contributed by atoms with E-state index in [-0.39, 0.29) is 27.9 Å². The predicted octanol–water partition coefficient (Wildman–Crippen LogP) is 4.19. The van der Waals surface area contributed by atoms with Gasteiger partial charge in [-0.15, -0.1) is 5.10 Å². The van der Waals surface area contributed by atoms with Crippen molar-refractivity contribution in [3.05, 3.63) is 88.8 Å². The number of halogens is 5. The third kappa shape index (κ3) is 5.14. The van der Waals surface area contributed by atoms with Crippen LogP contribution in [0.2, 0.25) is 5.02 Å². The van der Waals surface area contributed by atoms with Gasteiger partial charge in [-0.3, -0.25) is 0 Å². The fourth-order valence-electron chi connectivity index (χ4n) is 5.32. The molecule has 10 nitrogen and oxygen atoms in total. The molecular weight excluding hydrogens is 596 g/mol. The quantitative estimate of drug-likeness (QED) is 0.250. The highest BCUT2D eigenvalue weighted by molar-refractivity contribution is 6.30. The zero-order valence-corrected chi connectivity index (χ0v) is 22.9. The Labute approximate surface area is 245 Å². The van der Waals surface area contributed by atoms with Crippen LogP contribution in [0.1, 0.15) is 29.4 Å². The van der Waals surface area contributed by atoms with Crippen LogP contribution >= 0.6 is 11.6 Å². The molecule has 1 aliphatic rings. The fraction of sp³-hybridized carbons (Fsp3) is 0.286. The van der Waals surface area contributed by atoms with Crippen molar-refractivity contribution in [2.45, 2.75) is 43.6 Å². The number of aryl methyl sites for hydroxylation is 1. The van der Waals surface area contributed by atoms with Gasteiger partial charge in [0, 0.05) is 16.0 Å². The molecule has 0 radical (unpaired) electrons. The first-order chi connectivity index (χ1) is 20.5. The summed E-state index contributed by atoms with van der Waals surface area (Å²) in [6.07, 6.45) is -9.54. The van der Waals surface area contributed by atoms with E-state index in [1.165, 1.54) is 19.2 Å². The Balaban J connectivity index is 1.42. The third-order valence-electron chi connectivity index (χ3n) is 7.33. The van der Waals surface area contributed by atoms with Crippen molar-refractivity contribution in [2.75, 3.05) is 6.61 Å². The lowest BCUT2D eigenvalue weighted by atomic mass is 9.92. The van der Waals surface area contributed by atoms with Crippen LogP contribution in [-0.4, -0.2) is 70.0 Å². The molecule has 15 heteroatoms. The Morgan fingerprint density at radius 1 is 1.05 bits per heavy atom. The maximum absolute atomic E-state index is 15.4. The van der Waals surface area contributed by atoms with E-state index in [1.807, 2.05) is 0 Å². The molecule has 0 unspecified atom stereocenters. The number of hydrogen-bond acceptors (Lipinski definition) is 8. The van der Waals surface area contributed by atoms with Gasteiger partial charge in [-0.05, 0) is 36.6 Å². The molecular formula is C28H23ClF4N6O4. The number of aliphatic hydroxyl groups is 3. The first-order valence-electron chi connectivity index (χ1n) is 13.0. The Kier molecular flexibility index (Phi) is 7.42. The maximum Gasteiger partial charge on any atom is 0.418 e. The Morgan fingerprint density at radius 3 is 2.56 bits per heavy atom. The average molecular weight is 619 g/mol. The first kappa shape index (κ1) is 29.1. The van der Waals surface area contributed by atoms with Crippen molar-refractivity contribution >= 4 is 22.4 Å². The zero-order chi connectivity index (χ0) is 30.6. The smallest absolute Gasteiger partial charge is 0.394 e. The minimum Gasteiger partial charge on any atom is -0.394 e. The summed E-state index contributed by atoms with van der Waals surface area (Å²) in [6, 6.07) is 11.7. The summed E-state index contributed by atoms with van der Waals surface area (Å²) >= 11 is 6.03. The van der Waals surface area contributed by atoms with Crippen LogP contribution in [0.5, 0.6) is 0 Å². The van der Waals surface area contributed by atoms with Crippen LogP contribution in [0.15, 0.2) is 60.8 Å². The summed E-state index contributed by atoms with van der Waals surface area (Å²) < 4.78 is 64.9. The van der Waals surface area contributed by atoms with E-state index in [1.54, 1.807) is 30.3 Å². The van der Waals surface area contributed by atoms with Crippen molar-refractivity contribution in [1.82, 2.24) is 29.8 Å². The molecule has 1 fully saturated rings. The van der Waals surface area contributed by atoms with E-state index >= 15 is 4.39 Å². The lowest BCUT2D eigenvalue weighted by Gasteiger charge is -2.41. The molecule has 0 amide bonds. The van der Waals surface area contributed by atoms with Gasteiger partial charge in [0.05, 0.1) is 24.1 Å². The highest BCUT2D eigenvalue weighted by Crippen LogP contribution is 2.41. The predicted molar refractivity (Wildman–Crippen MR) is 145 cm³/mol. The van der Waals surface area contributed by atoms with E-state index in [0.717, 1.165) is 27.6 Å². The number of nitrogens with zero attached hydrogens (tertiary/aromatic N) is 6. The molecule has 6 rings (SSSR count). The van der Waals surface area contributed by atoms with E-state index in [2.05, 4.69) is 20.4 Å². The van der Waals surface area contributed by atoms with Crippen LogP contribution in [-0.2, 0) is 10.9 Å². The molecule has 0 aliphatic carbocycles. The Morgan fingerprint density at radius 2 is 1.81 bits per heavy atom. The molecule has 0 saturated carbocycles. The van der Waals surface area contributed by atoms with Gasteiger partial charge in [0.2, 0.25) is 0 Å². The number of rotatable bonds is 5. The van der Waals surface area contributed by atoms with Crippen LogP contribution in [0.4, 0.5) is 17.6 Å². The Hall–Kier alpha value is -3.95. The van der Waals surface area contributed by atoms with Crippen molar-refractivity contribution in [1.29, 1.82) is 0 Å². The van der Waals surface area contributed by atoms with Crippen LogP contribution in [0.25, 0.3) is 27.7 Å². The normalized spacial score (nSPS) is 22.8. The summed E-state index contributed by atoms with van der Waals surface area (Å²) in [5.74, 6) is -0.735. The minimum atomic E-state index is -4.79. The van der Waals surface area contributed by atoms with Crippen LogP contribution in [0, 0.1) is 12.7 Å². The van der Waals surface area contributed by atoms with E-state index in [4.69, 9.17) is 16.3 Å². The first-order valence-corrected chi connectivity index (χ1v) is 13.4. The summed E-state index contributed by atoms with van der Waals surface area (Å²) in [4.78, 5) is 4.23. The molecule has 0 bridgehead atoms. The maximum atomic E-state index is 15.4. The van der Waals surface area contributed by atoms with Crippen molar-refractivity contribution in [3.63, 3.8) is 0 Å². The number of fused-ring (bicyclic) bond motifs is 1. The highest BCUT2D eigenvalue weighted by atomic mass is 35.5. The topological polar surface area (TPSA) is 131 Å². The average Bonchev–Trinajstić information content (AvgIpc) is 3.60. The summed E-state index contributed by atoms with van der Waals surface area (Å²) in [5, 5.41) is 45.7. The van der Waals surface area contributed by atoms with E-state index in [9.17, 15) is 28.5 Å². The molecule has 224 valence electrons. The molecule has 43 heavy (non-hydrogen) atoms. The lowest BCUT2D eigenvalue weighted by molar-refractivity contribution is -0.210. The standard InChI is InChI=1S/C28H23ClF4N6O4/c1-13-34-27(39(36-13)20-10-15(29)7-9-18(20)28(31,32)33)26-25(42)23(24(41)21(12-40)43-26)38-11-19(35-37-38)17-8-6-14-4-2-3-5-16(14)22(17)30/h2-11,21,23-26,40-42H,12H2,1H3/t21-,23+,24+,25-,26-/m1/s1. The second kappa shape index (κ2) is 11.0. The molecule has 1 saturated heterocycles. The van der Waals surface area contributed by atoms with E-state index < -0.39 is 60.3 Å². The van der Waals surface area contributed by atoms with Crippen molar-refractivity contribution in [3.8, 4) is 16.9 Å². The molecule has 5 aromatic rings. The summed E-state index contributed by atoms with van der Waals surface area (Å²) in [7, 11) is 0. The molecule has 1 aliphatic heterocycles. The second-order valence-electron chi connectivity index (χ2n) is 10.1. The van der Waals surface area contributed by atoms with Crippen molar-refractivity contribution in [2.24, 2.45) is 0 Å². The zero-order valence-electron chi connectivity index (χ0n) is 22.2. The van der Waals surface area contributed by atoms with Gasteiger partial charge < -0.3 is 20.1 Å². The van der Waals surface area contributed by atoms with Gasteiger partial charge in [0.1, 0.15) is 47.8 Å². The molecule has 3 N–H and O–H groups in total. The largest absolute Gasteiger partial charge is 0.418 e. The molecule has 5 atom stereocenters. The van der Waals surface area contributed by atoms with Gasteiger partial charge >= 0.3 is 6.18 Å². The van der Waals surface area contributed by atoms with Gasteiger partial charge in [0.15, 0.2) is 5.82 Å². The molecule has 0 spiro atoms. The van der Waals surface area contributed by atoms with Gasteiger partial charge in [0.25, 0.3) is 0 Å². The monoisotopic (exact) mass is 618 g/mol. The second-order valence-corrected chi connectivity index (χ2v) is 10.5. The molecule has 3 heterocycles. The number of aromatic nitrogens is 6. The van der Waals surface area contributed by atoms with E-state index in [0.29, 0.717) is 10.8 Å². The van der Waals surface area contributed by atoms with Crippen LogP contribution in [0.3, 0.4) is 0 Å². The molecule has 3 aromatic carbocycles. The van der Waals surface area contributed by atoms with Crippen LogP contribution < -0.4 is 0 Å². The minimum absolute atomic E-state index is 0.00943. The highest BCUT2D eigenvalue weighted by Gasteiger charge is 2.49. The summed E-state index contributed by atoms with van der Waals surface area (Å²) in [5.41, 5.74) is -1.32. The number of hydrogen-bond donors (Lipinski definition) is 3. The third-order valence-corrected chi connectivity index (χ3v) is 7.57. The lowest BCUT2D eigenvalue weighted by Crippen LogP contribution is -2.53. The van der Waals surface area contributed by atoms with Gasteiger partial charge in [-0.25, -0.2) is 18.7 Å². The van der Waals surface area contributed by atoms with Crippen molar-refractivity contribution < 1.29 is 37.6 Å².